The minimum atomic E-state index is 0.0450. The van der Waals surface area contributed by atoms with Crippen molar-refractivity contribution < 1.29 is 5.11 Å². The van der Waals surface area contributed by atoms with Gasteiger partial charge in [-0.25, -0.2) is 0 Å². The van der Waals surface area contributed by atoms with Crippen LogP contribution in [0, 0.1) is 13.8 Å². The van der Waals surface area contributed by atoms with Gasteiger partial charge in [-0.2, -0.15) is 0 Å². The van der Waals surface area contributed by atoms with Gasteiger partial charge in [0.1, 0.15) is 0 Å². The van der Waals surface area contributed by atoms with E-state index in [9.17, 15) is 5.11 Å². The Morgan fingerprint density at radius 1 is 0.682 bits per heavy atom. The first kappa shape index (κ1) is 14.6. The van der Waals surface area contributed by atoms with Crippen LogP contribution in [0.3, 0.4) is 0 Å². The van der Waals surface area contributed by atoms with Crippen LogP contribution < -0.4 is 0 Å². The lowest BCUT2D eigenvalue weighted by atomic mass is 9.92. The molecule has 0 amide bonds. The molecule has 1 heteroatoms. The first-order valence-corrected chi connectivity index (χ1v) is 7.56. The van der Waals surface area contributed by atoms with E-state index in [1.54, 1.807) is 0 Å². The molecule has 0 aliphatic carbocycles. The maximum absolute atomic E-state index is 9.81. The molecule has 1 N–H and O–H groups in total. The van der Waals surface area contributed by atoms with Crippen molar-refractivity contribution in [3.05, 3.63) is 83.4 Å². The first-order chi connectivity index (χ1) is 10.7. The summed E-state index contributed by atoms with van der Waals surface area (Å²) in [4.78, 5) is 0. The predicted octanol–water partition coefficient (Wildman–Crippen LogP) is 5.13. The van der Waals surface area contributed by atoms with Gasteiger partial charge in [0.25, 0.3) is 0 Å². The third kappa shape index (κ3) is 2.68. The molecule has 0 unspecified atom stereocenters. The lowest BCUT2D eigenvalue weighted by Gasteiger charge is -2.13. The molecule has 0 spiro atoms. The molecular weight excluding hydrogens is 268 g/mol. The third-order valence-electron chi connectivity index (χ3n) is 4.17. The number of aryl methyl sites for hydroxylation is 2. The van der Waals surface area contributed by atoms with Gasteiger partial charge in [-0.3, -0.25) is 0 Å². The van der Waals surface area contributed by atoms with E-state index in [0.29, 0.717) is 0 Å². The van der Waals surface area contributed by atoms with Gasteiger partial charge in [0, 0.05) is 0 Å². The summed E-state index contributed by atoms with van der Waals surface area (Å²) in [6.07, 6.45) is 0. The molecule has 0 bridgehead atoms. The highest BCUT2D eigenvalue weighted by Gasteiger charge is 2.09. The second kappa shape index (κ2) is 6.17. The molecule has 0 heterocycles. The van der Waals surface area contributed by atoms with E-state index in [1.165, 1.54) is 22.3 Å². The molecule has 0 saturated carbocycles. The van der Waals surface area contributed by atoms with Crippen LogP contribution in [0.1, 0.15) is 16.7 Å². The minimum absolute atomic E-state index is 0.0450. The molecular formula is C21H20O. The Labute approximate surface area is 131 Å². The summed E-state index contributed by atoms with van der Waals surface area (Å²) >= 11 is 0. The van der Waals surface area contributed by atoms with E-state index in [0.717, 1.165) is 16.7 Å². The SMILES string of the molecule is Cc1ccccc1-c1ccc(-c2ccccc2C)c(CO)c1. The second-order valence-electron chi connectivity index (χ2n) is 5.66. The largest absolute Gasteiger partial charge is 0.392 e. The summed E-state index contributed by atoms with van der Waals surface area (Å²) in [5.74, 6) is 0. The van der Waals surface area contributed by atoms with Crippen molar-refractivity contribution >= 4 is 0 Å². The maximum Gasteiger partial charge on any atom is 0.0688 e. The van der Waals surface area contributed by atoms with E-state index >= 15 is 0 Å². The van der Waals surface area contributed by atoms with Crippen molar-refractivity contribution in [3.63, 3.8) is 0 Å². The van der Waals surface area contributed by atoms with Crippen LogP contribution in [0.2, 0.25) is 0 Å². The van der Waals surface area contributed by atoms with Crippen molar-refractivity contribution in [1.29, 1.82) is 0 Å². The summed E-state index contributed by atoms with van der Waals surface area (Å²) in [5.41, 5.74) is 8.10. The Bertz CT molecular complexity index is 803. The van der Waals surface area contributed by atoms with Crippen LogP contribution in [0.15, 0.2) is 66.7 Å². The van der Waals surface area contributed by atoms with Gasteiger partial charge in [0.2, 0.25) is 0 Å². The van der Waals surface area contributed by atoms with E-state index in [1.807, 2.05) is 18.2 Å². The highest BCUT2D eigenvalue weighted by atomic mass is 16.3. The fraction of sp³-hybridized carbons (Fsp3) is 0.143. The van der Waals surface area contributed by atoms with Crippen LogP contribution in [0.25, 0.3) is 22.3 Å². The van der Waals surface area contributed by atoms with Crippen LogP contribution in [0.4, 0.5) is 0 Å². The molecule has 3 aromatic carbocycles. The summed E-state index contributed by atoms with van der Waals surface area (Å²) < 4.78 is 0. The zero-order valence-corrected chi connectivity index (χ0v) is 13.0. The zero-order chi connectivity index (χ0) is 15.5. The Hall–Kier alpha value is -2.38. The molecule has 22 heavy (non-hydrogen) atoms. The molecule has 0 fully saturated rings. The van der Waals surface area contributed by atoms with Gasteiger partial charge in [0.15, 0.2) is 0 Å². The average molecular weight is 288 g/mol. The number of benzene rings is 3. The second-order valence-corrected chi connectivity index (χ2v) is 5.66. The number of aliphatic hydroxyl groups is 1. The summed E-state index contributed by atoms with van der Waals surface area (Å²) in [6.45, 7) is 4.26. The van der Waals surface area contributed by atoms with E-state index in [-0.39, 0.29) is 6.61 Å². The molecule has 3 rings (SSSR count). The number of hydrogen-bond acceptors (Lipinski definition) is 1. The Morgan fingerprint density at radius 2 is 1.27 bits per heavy atom. The van der Waals surface area contributed by atoms with Gasteiger partial charge < -0.3 is 5.11 Å². The van der Waals surface area contributed by atoms with E-state index < -0.39 is 0 Å². The Morgan fingerprint density at radius 3 is 1.86 bits per heavy atom. The van der Waals surface area contributed by atoms with Gasteiger partial charge >= 0.3 is 0 Å². The number of aliphatic hydroxyl groups excluding tert-OH is 1. The molecule has 3 aromatic rings. The van der Waals surface area contributed by atoms with Crippen LogP contribution in [0.5, 0.6) is 0 Å². The molecule has 0 atom stereocenters. The highest BCUT2D eigenvalue weighted by molar-refractivity contribution is 5.76. The topological polar surface area (TPSA) is 20.2 Å². The van der Waals surface area contributed by atoms with Crippen molar-refractivity contribution in [2.75, 3.05) is 0 Å². The monoisotopic (exact) mass is 288 g/mol. The molecule has 0 aliphatic rings. The summed E-state index contributed by atoms with van der Waals surface area (Å²) in [6, 6.07) is 23.0. The Balaban J connectivity index is 2.13. The lowest BCUT2D eigenvalue weighted by Crippen LogP contribution is -1.93. The van der Waals surface area contributed by atoms with E-state index in [2.05, 4.69) is 62.4 Å². The molecule has 0 aliphatic heterocycles. The normalized spacial score (nSPS) is 10.7. The number of hydrogen-bond donors (Lipinski definition) is 1. The summed E-state index contributed by atoms with van der Waals surface area (Å²) in [7, 11) is 0. The number of rotatable bonds is 3. The van der Waals surface area contributed by atoms with Crippen molar-refractivity contribution in [3.8, 4) is 22.3 Å². The quantitative estimate of drug-likeness (QED) is 0.708. The molecule has 110 valence electrons. The Kier molecular flexibility index (Phi) is 4.08. The first-order valence-electron chi connectivity index (χ1n) is 7.56. The molecule has 1 nitrogen and oxygen atoms in total. The van der Waals surface area contributed by atoms with Crippen LogP contribution in [-0.2, 0) is 6.61 Å². The molecule has 0 saturated heterocycles. The van der Waals surface area contributed by atoms with Crippen molar-refractivity contribution in [1.82, 2.24) is 0 Å². The van der Waals surface area contributed by atoms with Crippen molar-refractivity contribution in [2.45, 2.75) is 20.5 Å². The zero-order valence-electron chi connectivity index (χ0n) is 13.0. The van der Waals surface area contributed by atoms with Crippen molar-refractivity contribution in [2.24, 2.45) is 0 Å². The molecule has 0 radical (unpaired) electrons. The van der Waals surface area contributed by atoms with Gasteiger partial charge in [-0.1, -0.05) is 60.7 Å². The lowest BCUT2D eigenvalue weighted by molar-refractivity contribution is 0.282. The fourth-order valence-corrected chi connectivity index (χ4v) is 2.93. The fourth-order valence-electron chi connectivity index (χ4n) is 2.93. The van der Waals surface area contributed by atoms with Gasteiger partial charge in [-0.05, 0) is 58.9 Å². The predicted molar refractivity (Wildman–Crippen MR) is 92.7 cm³/mol. The standard InChI is InChI=1S/C21H20O/c1-15-7-3-5-9-19(15)17-11-12-21(18(13-17)14-22)20-10-6-4-8-16(20)2/h3-13,22H,14H2,1-2H3. The highest BCUT2D eigenvalue weighted by Crippen LogP contribution is 2.31. The smallest absolute Gasteiger partial charge is 0.0688 e. The van der Waals surface area contributed by atoms with Crippen LogP contribution >= 0.6 is 0 Å². The maximum atomic E-state index is 9.81. The van der Waals surface area contributed by atoms with Gasteiger partial charge in [0.05, 0.1) is 6.61 Å². The summed E-state index contributed by atoms with van der Waals surface area (Å²) in [5, 5.41) is 9.81. The van der Waals surface area contributed by atoms with Crippen LogP contribution in [-0.4, -0.2) is 5.11 Å². The van der Waals surface area contributed by atoms with Gasteiger partial charge in [-0.15, -0.1) is 0 Å². The third-order valence-corrected chi connectivity index (χ3v) is 4.17. The minimum Gasteiger partial charge on any atom is -0.392 e. The van der Waals surface area contributed by atoms with E-state index in [4.69, 9.17) is 0 Å². The average Bonchev–Trinajstić information content (AvgIpc) is 2.55. The molecule has 0 aromatic heterocycles.